The van der Waals surface area contributed by atoms with Crippen molar-refractivity contribution < 1.29 is 0 Å². The van der Waals surface area contributed by atoms with Crippen LogP contribution in [0.4, 0.5) is 0 Å². The van der Waals surface area contributed by atoms with Gasteiger partial charge in [0.2, 0.25) is 5.78 Å². The van der Waals surface area contributed by atoms with Crippen LogP contribution in [-0.4, -0.2) is 14.4 Å². The van der Waals surface area contributed by atoms with Gasteiger partial charge >= 0.3 is 0 Å². The number of nitrogens with two attached hydrogens (primary N) is 1. The zero-order chi connectivity index (χ0) is 15.6. The summed E-state index contributed by atoms with van der Waals surface area (Å²) in [6.07, 6.45) is 3.68. The Bertz CT molecular complexity index is 940. The fourth-order valence-corrected chi connectivity index (χ4v) is 2.81. The molecule has 4 rings (SSSR count). The van der Waals surface area contributed by atoms with Gasteiger partial charge in [0.05, 0.1) is 11.4 Å². The Morgan fingerprint density at radius 3 is 2.26 bits per heavy atom. The first-order valence-corrected chi connectivity index (χ1v) is 7.54. The Hall–Kier alpha value is -2.98. The summed E-state index contributed by atoms with van der Waals surface area (Å²) in [5, 5.41) is 0. The van der Waals surface area contributed by atoms with Gasteiger partial charge < -0.3 is 5.73 Å². The van der Waals surface area contributed by atoms with Crippen LogP contribution in [-0.2, 0) is 6.54 Å². The fourth-order valence-electron chi connectivity index (χ4n) is 2.81. The zero-order valence-corrected chi connectivity index (χ0v) is 12.6. The molecule has 0 saturated heterocycles. The second-order valence-corrected chi connectivity index (χ2v) is 5.34. The van der Waals surface area contributed by atoms with E-state index in [4.69, 9.17) is 5.73 Å². The molecule has 0 bridgehead atoms. The lowest BCUT2D eigenvalue weighted by Crippen LogP contribution is -2.02. The van der Waals surface area contributed by atoms with E-state index in [-0.39, 0.29) is 0 Å². The molecule has 4 heteroatoms. The molecule has 112 valence electrons. The number of rotatable bonds is 3. The molecule has 23 heavy (non-hydrogen) atoms. The van der Waals surface area contributed by atoms with Crippen molar-refractivity contribution in [3.05, 3.63) is 78.8 Å². The smallest absolute Gasteiger partial charge is 0.234 e. The first kappa shape index (κ1) is 13.7. The predicted molar refractivity (Wildman–Crippen MR) is 91.8 cm³/mol. The highest BCUT2D eigenvalue weighted by Gasteiger charge is 2.13. The molecule has 0 amide bonds. The van der Waals surface area contributed by atoms with Gasteiger partial charge in [-0.3, -0.25) is 4.40 Å². The van der Waals surface area contributed by atoms with Crippen molar-refractivity contribution in [1.82, 2.24) is 14.4 Å². The molecule has 4 nitrogen and oxygen atoms in total. The number of benzene rings is 2. The number of fused-ring (bicyclic) bond motifs is 1. The van der Waals surface area contributed by atoms with Gasteiger partial charge in [0.1, 0.15) is 0 Å². The molecule has 2 aromatic carbocycles. The molecule has 2 aromatic heterocycles. The normalized spacial score (nSPS) is 11.0. The summed E-state index contributed by atoms with van der Waals surface area (Å²) in [6.45, 7) is 0.419. The van der Waals surface area contributed by atoms with Gasteiger partial charge in [-0.25, -0.2) is 9.97 Å². The molecule has 2 N–H and O–H groups in total. The lowest BCUT2D eigenvalue weighted by molar-refractivity contribution is 0.949. The summed E-state index contributed by atoms with van der Waals surface area (Å²) in [7, 11) is 0. The highest BCUT2D eigenvalue weighted by atomic mass is 15.1. The summed E-state index contributed by atoms with van der Waals surface area (Å²) < 4.78 is 1.94. The van der Waals surface area contributed by atoms with E-state index in [9.17, 15) is 0 Å². The molecule has 0 aliphatic carbocycles. The molecule has 0 spiro atoms. The number of hydrogen-bond donors (Lipinski definition) is 1. The highest BCUT2D eigenvalue weighted by molar-refractivity contribution is 5.71. The zero-order valence-electron chi connectivity index (χ0n) is 12.6. The van der Waals surface area contributed by atoms with Crippen molar-refractivity contribution in [1.29, 1.82) is 0 Å². The summed E-state index contributed by atoms with van der Waals surface area (Å²) in [6, 6.07) is 20.6. The minimum atomic E-state index is 0.419. The number of aromatic nitrogens is 3. The van der Waals surface area contributed by atoms with Crippen LogP contribution < -0.4 is 5.73 Å². The maximum atomic E-state index is 5.93. The molecule has 0 atom stereocenters. The van der Waals surface area contributed by atoms with Crippen LogP contribution in [0.1, 0.15) is 5.69 Å². The van der Waals surface area contributed by atoms with E-state index >= 15 is 0 Å². The van der Waals surface area contributed by atoms with Gasteiger partial charge in [-0.05, 0) is 17.2 Å². The average molecular weight is 300 g/mol. The Morgan fingerprint density at radius 1 is 0.826 bits per heavy atom. The molecule has 0 aliphatic rings. The number of hydrogen-bond acceptors (Lipinski definition) is 3. The third kappa shape index (κ3) is 2.39. The van der Waals surface area contributed by atoms with Crippen LogP contribution in [0.2, 0.25) is 0 Å². The third-order valence-corrected chi connectivity index (χ3v) is 3.96. The second-order valence-electron chi connectivity index (χ2n) is 5.34. The summed E-state index contributed by atoms with van der Waals surface area (Å²) in [5.41, 5.74) is 11.2. The lowest BCUT2D eigenvalue weighted by atomic mass is 10.0. The van der Waals surface area contributed by atoms with E-state index in [0.717, 1.165) is 17.0 Å². The topological polar surface area (TPSA) is 56.2 Å². The molecule has 2 heterocycles. The van der Waals surface area contributed by atoms with Crippen molar-refractivity contribution in [2.75, 3.05) is 0 Å². The molecular weight excluding hydrogens is 284 g/mol. The van der Waals surface area contributed by atoms with E-state index in [1.807, 2.05) is 34.9 Å². The Kier molecular flexibility index (Phi) is 3.37. The predicted octanol–water partition coefficient (Wildman–Crippen LogP) is 3.52. The van der Waals surface area contributed by atoms with Crippen molar-refractivity contribution in [3.63, 3.8) is 0 Å². The Labute approximate surface area is 134 Å². The second kappa shape index (κ2) is 5.66. The van der Waals surface area contributed by atoms with E-state index in [1.165, 1.54) is 11.1 Å². The molecule has 0 unspecified atom stereocenters. The van der Waals surface area contributed by atoms with Gasteiger partial charge in [-0.1, -0.05) is 54.6 Å². The van der Waals surface area contributed by atoms with Crippen LogP contribution in [0.5, 0.6) is 0 Å². The van der Waals surface area contributed by atoms with Crippen molar-refractivity contribution in [3.8, 4) is 22.4 Å². The lowest BCUT2D eigenvalue weighted by Gasteiger charge is -2.05. The molecule has 4 aromatic rings. The third-order valence-electron chi connectivity index (χ3n) is 3.96. The number of imidazole rings is 1. The van der Waals surface area contributed by atoms with E-state index < -0.39 is 0 Å². The van der Waals surface area contributed by atoms with E-state index in [2.05, 4.69) is 46.4 Å². The maximum Gasteiger partial charge on any atom is 0.234 e. The summed E-state index contributed by atoms with van der Waals surface area (Å²) in [5.74, 6) is 0.676. The minimum Gasteiger partial charge on any atom is -0.325 e. The molecule has 0 fully saturated rings. The quantitative estimate of drug-likeness (QED) is 0.630. The van der Waals surface area contributed by atoms with Crippen LogP contribution in [0.25, 0.3) is 28.2 Å². The summed E-state index contributed by atoms with van der Waals surface area (Å²) in [4.78, 5) is 8.93. The van der Waals surface area contributed by atoms with Gasteiger partial charge in [-0.15, -0.1) is 0 Å². The first-order valence-electron chi connectivity index (χ1n) is 7.54. The van der Waals surface area contributed by atoms with Gasteiger partial charge in [0.15, 0.2) is 0 Å². The van der Waals surface area contributed by atoms with E-state index in [1.54, 1.807) is 6.20 Å². The summed E-state index contributed by atoms with van der Waals surface area (Å²) >= 11 is 0. The standard InChI is InChI=1S/C19H16N4/c20-13-17-18(22-19-21-11-4-12-23(17)19)16-9-7-15(8-10-16)14-5-2-1-3-6-14/h1-12H,13,20H2. The van der Waals surface area contributed by atoms with Crippen molar-refractivity contribution in [2.24, 2.45) is 5.73 Å². The monoisotopic (exact) mass is 300 g/mol. The van der Waals surface area contributed by atoms with Crippen LogP contribution in [0, 0.1) is 0 Å². The molecule has 0 saturated carbocycles. The van der Waals surface area contributed by atoms with Crippen LogP contribution in [0.3, 0.4) is 0 Å². The first-order chi connectivity index (χ1) is 11.4. The van der Waals surface area contributed by atoms with Crippen LogP contribution in [0.15, 0.2) is 73.1 Å². The van der Waals surface area contributed by atoms with Crippen molar-refractivity contribution in [2.45, 2.75) is 6.54 Å². The fraction of sp³-hybridized carbons (Fsp3) is 0.0526. The Morgan fingerprint density at radius 2 is 1.52 bits per heavy atom. The Balaban J connectivity index is 1.79. The van der Waals surface area contributed by atoms with E-state index in [0.29, 0.717) is 12.3 Å². The van der Waals surface area contributed by atoms with Gasteiger partial charge in [0, 0.05) is 24.5 Å². The number of nitrogens with zero attached hydrogens (tertiary/aromatic N) is 3. The van der Waals surface area contributed by atoms with Crippen LogP contribution >= 0.6 is 0 Å². The van der Waals surface area contributed by atoms with Gasteiger partial charge in [0.25, 0.3) is 0 Å². The molecular formula is C19H16N4. The SMILES string of the molecule is NCc1c(-c2ccc(-c3ccccc3)cc2)nc2ncccn12. The van der Waals surface area contributed by atoms with Crippen molar-refractivity contribution >= 4 is 5.78 Å². The largest absolute Gasteiger partial charge is 0.325 e. The molecule has 0 aliphatic heterocycles. The maximum absolute atomic E-state index is 5.93. The van der Waals surface area contributed by atoms with Gasteiger partial charge in [-0.2, -0.15) is 0 Å². The minimum absolute atomic E-state index is 0.419. The highest BCUT2D eigenvalue weighted by Crippen LogP contribution is 2.27. The molecule has 0 radical (unpaired) electrons. The average Bonchev–Trinajstić information content (AvgIpc) is 3.01.